The van der Waals surface area contributed by atoms with Crippen LogP contribution in [0.3, 0.4) is 0 Å². The van der Waals surface area contributed by atoms with Crippen molar-refractivity contribution in [2.75, 3.05) is 4.90 Å². The number of carbonyl (C=O) groups is 3. The molecule has 5 nitrogen and oxygen atoms in total. The Balaban J connectivity index is 2.37. The van der Waals surface area contributed by atoms with E-state index in [2.05, 4.69) is 0 Å². The largest absolute Gasteiger partial charge is 0.366 e. The Morgan fingerprint density at radius 3 is 2.72 bits per heavy atom. The summed E-state index contributed by atoms with van der Waals surface area (Å²) in [6, 6.07) is 6.25. The van der Waals surface area contributed by atoms with Crippen molar-refractivity contribution in [1.29, 1.82) is 0 Å². The fourth-order valence-corrected chi connectivity index (χ4v) is 2.08. The van der Waals surface area contributed by atoms with Crippen LogP contribution in [0.4, 0.5) is 5.69 Å². The number of hydrogen-bond donors (Lipinski definition) is 1. The maximum absolute atomic E-state index is 12.0. The molecule has 0 aliphatic carbocycles. The molecule has 2 N–H and O–H groups in total. The summed E-state index contributed by atoms with van der Waals surface area (Å²) < 4.78 is 0. The normalized spacial score (nSPS) is 19.4. The molecule has 1 unspecified atom stereocenters. The van der Waals surface area contributed by atoms with E-state index >= 15 is 0 Å². The molecule has 1 heterocycles. The number of benzene rings is 1. The molecule has 1 saturated heterocycles. The summed E-state index contributed by atoms with van der Waals surface area (Å²) >= 11 is 0. The summed E-state index contributed by atoms with van der Waals surface area (Å²) in [5.74, 6) is -1.27. The molecule has 94 valence electrons. The summed E-state index contributed by atoms with van der Waals surface area (Å²) in [6.45, 7) is 1.87. The zero-order valence-electron chi connectivity index (χ0n) is 10.1. The van der Waals surface area contributed by atoms with Gasteiger partial charge < -0.3 is 5.73 Å². The van der Waals surface area contributed by atoms with Crippen LogP contribution in [0, 0.1) is 5.92 Å². The predicted octanol–water partition coefficient (Wildman–Crippen LogP) is 1.07. The Morgan fingerprint density at radius 2 is 2.17 bits per heavy atom. The molecule has 1 aromatic rings. The number of amides is 3. The Hall–Kier alpha value is -2.17. The lowest BCUT2D eigenvalue weighted by Crippen LogP contribution is -2.30. The first-order chi connectivity index (χ1) is 8.54. The fraction of sp³-hybridized carbons (Fsp3) is 0.308. The smallest absolute Gasteiger partial charge is 0.248 e. The van der Waals surface area contributed by atoms with E-state index in [0.717, 1.165) is 4.90 Å². The topological polar surface area (TPSA) is 80.5 Å². The van der Waals surface area contributed by atoms with E-state index in [9.17, 15) is 14.4 Å². The minimum atomic E-state index is -0.581. The Morgan fingerprint density at radius 1 is 1.44 bits per heavy atom. The van der Waals surface area contributed by atoms with Gasteiger partial charge in [-0.25, -0.2) is 0 Å². The first kappa shape index (κ1) is 12.3. The van der Waals surface area contributed by atoms with E-state index < -0.39 is 5.91 Å². The molecule has 1 aliphatic rings. The van der Waals surface area contributed by atoms with Crippen LogP contribution in [0.1, 0.15) is 30.1 Å². The van der Waals surface area contributed by atoms with Gasteiger partial charge in [-0.3, -0.25) is 19.3 Å². The molecule has 0 saturated carbocycles. The zero-order chi connectivity index (χ0) is 13.3. The van der Waals surface area contributed by atoms with E-state index in [-0.39, 0.29) is 29.7 Å². The quantitative estimate of drug-likeness (QED) is 0.810. The van der Waals surface area contributed by atoms with Gasteiger partial charge in [0.2, 0.25) is 17.7 Å². The summed E-state index contributed by atoms with van der Waals surface area (Å²) in [7, 11) is 0. The number of carbonyl (C=O) groups excluding carboxylic acids is 3. The average molecular weight is 246 g/mol. The Bertz CT molecular complexity index is 525. The molecule has 2 rings (SSSR count). The van der Waals surface area contributed by atoms with E-state index in [1.54, 1.807) is 18.2 Å². The molecule has 1 aromatic carbocycles. The van der Waals surface area contributed by atoms with Gasteiger partial charge >= 0.3 is 0 Å². The van der Waals surface area contributed by atoms with Gasteiger partial charge in [0.05, 0.1) is 5.69 Å². The van der Waals surface area contributed by atoms with Gasteiger partial charge in [0, 0.05) is 17.9 Å². The van der Waals surface area contributed by atoms with Crippen LogP contribution in [-0.4, -0.2) is 17.7 Å². The highest BCUT2D eigenvalue weighted by Crippen LogP contribution is 2.28. The van der Waals surface area contributed by atoms with E-state index in [0.29, 0.717) is 12.1 Å². The summed E-state index contributed by atoms with van der Waals surface area (Å²) in [5.41, 5.74) is 5.88. The van der Waals surface area contributed by atoms with Gasteiger partial charge in [-0.15, -0.1) is 0 Å². The Kier molecular flexibility index (Phi) is 3.14. The number of hydrogen-bond acceptors (Lipinski definition) is 3. The standard InChI is InChI=1S/C13H14N2O3/c1-2-8-7-11(16)15(13(8)18)10-5-3-4-9(6-10)12(14)17/h3-6,8H,2,7H2,1H3,(H2,14,17). The lowest BCUT2D eigenvalue weighted by Gasteiger charge is -2.15. The van der Waals surface area contributed by atoms with Crippen molar-refractivity contribution in [2.24, 2.45) is 11.7 Å². The fourth-order valence-electron chi connectivity index (χ4n) is 2.08. The molecule has 5 heteroatoms. The van der Waals surface area contributed by atoms with Crippen LogP contribution in [0.2, 0.25) is 0 Å². The van der Waals surface area contributed by atoms with Crippen molar-refractivity contribution < 1.29 is 14.4 Å². The van der Waals surface area contributed by atoms with Gasteiger partial charge in [0.1, 0.15) is 0 Å². The molecule has 1 atom stereocenters. The molecular formula is C13H14N2O3. The number of anilines is 1. The SMILES string of the molecule is CCC1CC(=O)N(c2cccc(C(N)=O)c2)C1=O. The van der Waals surface area contributed by atoms with Gasteiger partial charge in [-0.05, 0) is 24.6 Å². The van der Waals surface area contributed by atoms with E-state index in [4.69, 9.17) is 5.73 Å². The third-order valence-electron chi connectivity index (χ3n) is 3.12. The van der Waals surface area contributed by atoms with Gasteiger partial charge in [-0.1, -0.05) is 13.0 Å². The highest BCUT2D eigenvalue weighted by Gasteiger charge is 2.38. The molecule has 0 bridgehead atoms. The summed E-state index contributed by atoms with van der Waals surface area (Å²) in [6.07, 6.45) is 0.868. The third-order valence-corrected chi connectivity index (χ3v) is 3.12. The van der Waals surface area contributed by atoms with E-state index in [1.807, 2.05) is 6.92 Å². The van der Waals surface area contributed by atoms with E-state index in [1.165, 1.54) is 6.07 Å². The molecule has 3 amide bonds. The zero-order valence-corrected chi connectivity index (χ0v) is 10.1. The number of nitrogens with zero attached hydrogens (tertiary/aromatic N) is 1. The third kappa shape index (κ3) is 1.99. The van der Waals surface area contributed by atoms with Crippen molar-refractivity contribution in [3.05, 3.63) is 29.8 Å². The number of nitrogens with two attached hydrogens (primary N) is 1. The Labute approximate surface area is 105 Å². The monoisotopic (exact) mass is 246 g/mol. The maximum Gasteiger partial charge on any atom is 0.248 e. The molecule has 18 heavy (non-hydrogen) atoms. The average Bonchev–Trinajstić information content (AvgIpc) is 2.64. The lowest BCUT2D eigenvalue weighted by molar-refractivity contribution is -0.122. The van der Waals surface area contributed by atoms with Crippen LogP contribution in [0.5, 0.6) is 0 Å². The number of rotatable bonds is 3. The van der Waals surface area contributed by atoms with Gasteiger partial charge in [0.25, 0.3) is 0 Å². The second-order valence-corrected chi connectivity index (χ2v) is 4.29. The maximum atomic E-state index is 12.0. The lowest BCUT2D eigenvalue weighted by atomic mass is 10.1. The van der Waals surface area contributed by atoms with Crippen LogP contribution in [0.25, 0.3) is 0 Å². The van der Waals surface area contributed by atoms with Crippen molar-refractivity contribution in [3.63, 3.8) is 0 Å². The van der Waals surface area contributed by atoms with Crippen LogP contribution < -0.4 is 10.6 Å². The highest BCUT2D eigenvalue weighted by molar-refractivity contribution is 6.21. The molecular weight excluding hydrogens is 232 g/mol. The second-order valence-electron chi connectivity index (χ2n) is 4.29. The van der Waals surface area contributed by atoms with Gasteiger partial charge in [-0.2, -0.15) is 0 Å². The molecule has 1 aliphatic heterocycles. The number of imide groups is 1. The predicted molar refractivity (Wildman–Crippen MR) is 65.9 cm³/mol. The van der Waals surface area contributed by atoms with Crippen LogP contribution in [0.15, 0.2) is 24.3 Å². The summed E-state index contributed by atoms with van der Waals surface area (Å²) in [5, 5.41) is 0. The van der Waals surface area contributed by atoms with Crippen molar-refractivity contribution >= 4 is 23.4 Å². The second kappa shape index (κ2) is 4.60. The van der Waals surface area contributed by atoms with Crippen LogP contribution in [-0.2, 0) is 9.59 Å². The minimum absolute atomic E-state index is 0.205. The van der Waals surface area contributed by atoms with Crippen molar-refractivity contribution in [3.8, 4) is 0 Å². The molecule has 0 aromatic heterocycles. The molecule has 0 radical (unpaired) electrons. The molecule has 1 fully saturated rings. The highest BCUT2D eigenvalue weighted by atomic mass is 16.2. The van der Waals surface area contributed by atoms with Crippen molar-refractivity contribution in [2.45, 2.75) is 19.8 Å². The first-order valence-electron chi connectivity index (χ1n) is 5.81. The summed E-state index contributed by atoms with van der Waals surface area (Å²) in [4.78, 5) is 36.1. The molecule has 0 spiro atoms. The number of primary amides is 1. The first-order valence-corrected chi connectivity index (χ1v) is 5.81. The minimum Gasteiger partial charge on any atom is -0.366 e. The van der Waals surface area contributed by atoms with Gasteiger partial charge in [0.15, 0.2) is 0 Å². The van der Waals surface area contributed by atoms with Crippen molar-refractivity contribution in [1.82, 2.24) is 0 Å². The van der Waals surface area contributed by atoms with Crippen LogP contribution >= 0.6 is 0 Å².